The van der Waals surface area contributed by atoms with E-state index in [9.17, 15) is 33.9 Å². The van der Waals surface area contributed by atoms with Gasteiger partial charge in [0.25, 0.3) is 0 Å². The zero-order chi connectivity index (χ0) is 28.8. The summed E-state index contributed by atoms with van der Waals surface area (Å²) in [6.45, 7) is 3.73. The molecule has 0 aliphatic rings. The number of carbonyl (C=O) groups excluding carboxylic acids is 4. The Balaban J connectivity index is 3.14. The zero-order valence-electron chi connectivity index (χ0n) is 21.5. The standard InChI is InChI=1S/C25H37N5O8/c1-14(2)12-16(26)22(34)28-17(9-11-21(32)33)23(35)30-19(13-15-6-4-3-5-7-15)24(36)29-18(25(37)38)8-10-20(27)31/h3-7,14,16-19H,8-13,26H2,1-2H3,(H2,27,31)(H,28,34)(H,29,36)(H,30,35)(H,32,33)(H,37,38). The third-order valence-corrected chi connectivity index (χ3v) is 5.55. The highest BCUT2D eigenvalue weighted by molar-refractivity contribution is 5.94. The number of hydrogen-bond acceptors (Lipinski definition) is 7. The first-order valence-electron chi connectivity index (χ1n) is 12.2. The van der Waals surface area contributed by atoms with Crippen molar-refractivity contribution in [2.24, 2.45) is 17.4 Å². The summed E-state index contributed by atoms with van der Waals surface area (Å²) in [7, 11) is 0. The zero-order valence-corrected chi connectivity index (χ0v) is 21.5. The fourth-order valence-electron chi connectivity index (χ4n) is 3.58. The van der Waals surface area contributed by atoms with Gasteiger partial charge in [-0.1, -0.05) is 44.2 Å². The summed E-state index contributed by atoms with van der Waals surface area (Å²) in [5, 5.41) is 25.8. The molecular formula is C25H37N5O8. The van der Waals surface area contributed by atoms with Crippen LogP contribution in [0.3, 0.4) is 0 Å². The molecule has 0 heterocycles. The van der Waals surface area contributed by atoms with Crippen molar-refractivity contribution in [3.8, 4) is 0 Å². The van der Waals surface area contributed by atoms with Gasteiger partial charge in [-0.25, -0.2) is 4.79 Å². The Labute approximate surface area is 220 Å². The number of nitrogens with one attached hydrogen (secondary N) is 3. The van der Waals surface area contributed by atoms with E-state index < -0.39 is 66.2 Å². The van der Waals surface area contributed by atoms with Crippen LogP contribution in [0.25, 0.3) is 0 Å². The summed E-state index contributed by atoms with van der Waals surface area (Å²) in [6.07, 6.45) is -0.952. The molecule has 4 amide bonds. The highest BCUT2D eigenvalue weighted by atomic mass is 16.4. The lowest BCUT2D eigenvalue weighted by molar-refractivity contribution is -0.142. The molecule has 1 aromatic rings. The minimum absolute atomic E-state index is 0.0347. The minimum atomic E-state index is -1.44. The van der Waals surface area contributed by atoms with Gasteiger partial charge < -0.3 is 37.6 Å². The smallest absolute Gasteiger partial charge is 0.326 e. The van der Waals surface area contributed by atoms with Crippen molar-refractivity contribution in [2.45, 2.75) is 76.5 Å². The minimum Gasteiger partial charge on any atom is -0.481 e. The first-order chi connectivity index (χ1) is 17.8. The molecule has 0 spiro atoms. The topological polar surface area (TPSA) is 231 Å². The van der Waals surface area contributed by atoms with E-state index in [2.05, 4.69) is 16.0 Å². The van der Waals surface area contributed by atoms with E-state index in [-0.39, 0.29) is 31.6 Å². The molecule has 1 rings (SSSR count). The Hall–Kier alpha value is -4.00. The van der Waals surface area contributed by atoms with Crippen LogP contribution in [0.1, 0.15) is 51.5 Å². The molecule has 13 heteroatoms. The number of hydrogen-bond donors (Lipinski definition) is 7. The van der Waals surface area contributed by atoms with Crippen LogP contribution in [0, 0.1) is 5.92 Å². The molecule has 0 saturated carbocycles. The molecule has 4 atom stereocenters. The van der Waals surface area contributed by atoms with Crippen molar-refractivity contribution in [3.63, 3.8) is 0 Å². The second kappa shape index (κ2) is 16.0. The molecule has 38 heavy (non-hydrogen) atoms. The SMILES string of the molecule is CC(C)CC(N)C(=O)NC(CCC(=O)O)C(=O)NC(Cc1ccccc1)C(=O)NC(CCC(N)=O)C(=O)O. The monoisotopic (exact) mass is 535 g/mol. The number of carbonyl (C=O) groups is 6. The summed E-state index contributed by atoms with van der Waals surface area (Å²) >= 11 is 0. The van der Waals surface area contributed by atoms with Crippen molar-refractivity contribution in [2.75, 3.05) is 0 Å². The number of benzene rings is 1. The number of nitrogens with two attached hydrogens (primary N) is 2. The number of amides is 4. The first-order valence-corrected chi connectivity index (χ1v) is 12.2. The van der Waals surface area contributed by atoms with Crippen LogP contribution in [0.2, 0.25) is 0 Å². The maximum atomic E-state index is 13.2. The van der Waals surface area contributed by atoms with Gasteiger partial charge in [0, 0.05) is 19.3 Å². The summed E-state index contributed by atoms with van der Waals surface area (Å²) in [4.78, 5) is 72.6. The van der Waals surface area contributed by atoms with Crippen LogP contribution >= 0.6 is 0 Å². The molecule has 0 saturated heterocycles. The van der Waals surface area contributed by atoms with Crippen molar-refractivity contribution in [1.82, 2.24) is 16.0 Å². The van der Waals surface area contributed by atoms with E-state index >= 15 is 0 Å². The van der Waals surface area contributed by atoms with Crippen LogP contribution < -0.4 is 27.4 Å². The molecule has 0 bridgehead atoms. The lowest BCUT2D eigenvalue weighted by Crippen LogP contribution is -2.57. The van der Waals surface area contributed by atoms with Crippen molar-refractivity contribution in [1.29, 1.82) is 0 Å². The van der Waals surface area contributed by atoms with Gasteiger partial charge in [-0.05, 0) is 30.7 Å². The van der Waals surface area contributed by atoms with Crippen LogP contribution in [0.4, 0.5) is 0 Å². The molecular weight excluding hydrogens is 498 g/mol. The predicted molar refractivity (Wildman–Crippen MR) is 136 cm³/mol. The molecule has 210 valence electrons. The van der Waals surface area contributed by atoms with Crippen LogP contribution in [-0.2, 0) is 35.2 Å². The third kappa shape index (κ3) is 12.3. The van der Waals surface area contributed by atoms with Crippen LogP contribution in [-0.4, -0.2) is 69.9 Å². The van der Waals surface area contributed by atoms with Gasteiger partial charge in [0.05, 0.1) is 6.04 Å². The quantitative estimate of drug-likeness (QED) is 0.133. The van der Waals surface area contributed by atoms with E-state index in [0.717, 1.165) is 0 Å². The second-order valence-corrected chi connectivity index (χ2v) is 9.38. The van der Waals surface area contributed by atoms with Gasteiger partial charge in [-0.15, -0.1) is 0 Å². The fraction of sp³-hybridized carbons (Fsp3) is 0.520. The average molecular weight is 536 g/mol. The molecule has 0 aliphatic heterocycles. The number of carboxylic acids is 2. The van der Waals surface area contributed by atoms with Gasteiger partial charge in [0.1, 0.15) is 18.1 Å². The van der Waals surface area contributed by atoms with E-state index in [4.69, 9.17) is 16.6 Å². The Morgan fingerprint density at radius 1 is 0.789 bits per heavy atom. The molecule has 0 aliphatic carbocycles. The molecule has 13 nitrogen and oxygen atoms in total. The summed E-state index contributed by atoms with van der Waals surface area (Å²) < 4.78 is 0. The highest BCUT2D eigenvalue weighted by Crippen LogP contribution is 2.08. The number of rotatable bonds is 17. The largest absolute Gasteiger partial charge is 0.481 e. The maximum absolute atomic E-state index is 13.2. The molecule has 9 N–H and O–H groups in total. The average Bonchev–Trinajstić information content (AvgIpc) is 2.83. The predicted octanol–water partition coefficient (Wildman–Crippen LogP) is -0.728. The van der Waals surface area contributed by atoms with Crippen molar-refractivity contribution in [3.05, 3.63) is 35.9 Å². The first kappa shape index (κ1) is 32.0. The fourth-order valence-corrected chi connectivity index (χ4v) is 3.58. The third-order valence-electron chi connectivity index (χ3n) is 5.55. The highest BCUT2D eigenvalue weighted by Gasteiger charge is 2.31. The lowest BCUT2D eigenvalue weighted by atomic mass is 10.0. The van der Waals surface area contributed by atoms with E-state index in [1.165, 1.54) is 0 Å². The van der Waals surface area contributed by atoms with Crippen molar-refractivity contribution >= 4 is 35.6 Å². The summed E-state index contributed by atoms with van der Waals surface area (Å²) in [5.41, 5.74) is 11.6. The van der Waals surface area contributed by atoms with E-state index in [1.807, 2.05) is 13.8 Å². The van der Waals surface area contributed by atoms with Crippen molar-refractivity contribution < 1.29 is 39.0 Å². The van der Waals surface area contributed by atoms with E-state index in [0.29, 0.717) is 12.0 Å². The van der Waals surface area contributed by atoms with Gasteiger partial charge in [0.15, 0.2) is 0 Å². The Morgan fingerprint density at radius 2 is 1.32 bits per heavy atom. The normalized spacial score (nSPS) is 14.0. The van der Waals surface area contributed by atoms with Gasteiger partial charge >= 0.3 is 11.9 Å². The summed E-state index contributed by atoms with van der Waals surface area (Å²) in [5.74, 6) is -5.57. The van der Waals surface area contributed by atoms with E-state index in [1.54, 1.807) is 30.3 Å². The number of carboxylic acid groups (broad SMARTS) is 2. The van der Waals surface area contributed by atoms with Crippen LogP contribution in [0.5, 0.6) is 0 Å². The molecule has 4 unspecified atom stereocenters. The summed E-state index contributed by atoms with van der Waals surface area (Å²) in [6, 6.07) is 3.60. The molecule has 0 aromatic heterocycles. The van der Waals surface area contributed by atoms with Gasteiger partial charge in [-0.2, -0.15) is 0 Å². The Bertz CT molecular complexity index is 985. The number of aliphatic carboxylic acids is 2. The van der Waals surface area contributed by atoms with Gasteiger partial charge in [0.2, 0.25) is 23.6 Å². The Morgan fingerprint density at radius 3 is 1.84 bits per heavy atom. The number of primary amides is 1. The molecule has 0 radical (unpaired) electrons. The molecule has 0 fully saturated rings. The Kier molecular flexibility index (Phi) is 13.5. The second-order valence-electron chi connectivity index (χ2n) is 9.38. The van der Waals surface area contributed by atoms with Gasteiger partial charge in [-0.3, -0.25) is 24.0 Å². The maximum Gasteiger partial charge on any atom is 0.326 e. The lowest BCUT2D eigenvalue weighted by Gasteiger charge is -2.25. The van der Waals surface area contributed by atoms with Crippen LogP contribution in [0.15, 0.2) is 30.3 Å². The molecule has 1 aromatic carbocycles.